The van der Waals surface area contributed by atoms with Crippen molar-refractivity contribution in [1.82, 2.24) is 20.2 Å². The van der Waals surface area contributed by atoms with E-state index in [1.165, 1.54) is 0 Å². The predicted octanol–water partition coefficient (Wildman–Crippen LogP) is 4.84. The van der Waals surface area contributed by atoms with Crippen LogP contribution >= 0.6 is 0 Å². The fraction of sp³-hybridized carbons (Fsp3) is 0.0952. The molecule has 0 unspecified atom stereocenters. The molecule has 0 saturated carbocycles. The smallest absolute Gasteiger partial charge is 0.0702 e. The molecule has 25 heavy (non-hydrogen) atoms. The van der Waals surface area contributed by atoms with Crippen LogP contribution in [0, 0.1) is 13.8 Å². The SMILES string of the molecule is Cc1cc(C)[nH]n1.c1ccc(-c2cccc(-c3ccccn3)c2)nc1. The molecule has 124 valence electrons. The highest BCUT2D eigenvalue weighted by atomic mass is 15.1. The molecule has 1 N–H and O–H groups in total. The minimum absolute atomic E-state index is 0.982. The third-order valence-corrected chi connectivity index (χ3v) is 3.62. The van der Waals surface area contributed by atoms with E-state index in [-0.39, 0.29) is 0 Å². The molecule has 4 heteroatoms. The van der Waals surface area contributed by atoms with Crippen LogP contribution < -0.4 is 0 Å². The normalized spacial score (nSPS) is 10.0. The molecule has 3 heterocycles. The summed E-state index contributed by atoms with van der Waals surface area (Å²) < 4.78 is 0. The van der Waals surface area contributed by atoms with E-state index in [2.05, 4.69) is 38.4 Å². The molecule has 1 aromatic carbocycles. The van der Waals surface area contributed by atoms with Crippen molar-refractivity contribution >= 4 is 0 Å². The predicted molar refractivity (Wildman–Crippen MR) is 101 cm³/mol. The molecule has 0 spiro atoms. The lowest BCUT2D eigenvalue weighted by Gasteiger charge is -2.04. The summed E-state index contributed by atoms with van der Waals surface area (Å²) in [6.07, 6.45) is 3.62. The van der Waals surface area contributed by atoms with Crippen molar-refractivity contribution in [1.29, 1.82) is 0 Å². The van der Waals surface area contributed by atoms with E-state index in [1.807, 2.05) is 74.8 Å². The van der Waals surface area contributed by atoms with E-state index < -0.39 is 0 Å². The van der Waals surface area contributed by atoms with Crippen molar-refractivity contribution in [2.45, 2.75) is 13.8 Å². The summed E-state index contributed by atoms with van der Waals surface area (Å²) in [7, 11) is 0. The number of H-pyrrole nitrogens is 1. The van der Waals surface area contributed by atoms with Gasteiger partial charge in [-0.25, -0.2) is 0 Å². The van der Waals surface area contributed by atoms with E-state index in [0.717, 1.165) is 33.9 Å². The maximum Gasteiger partial charge on any atom is 0.0702 e. The third-order valence-electron chi connectivity index (χ3n) is 3.62. The Morgan fingerprint density at radius 2 is 1.28 bits per heavy atom. The van der Waals surface area contributed by atoms with E-state index in [1.54, 1.807) is 0 Å². The Kier molecular flexibility index (Phi) is 5.32. The van der Waals surface area contributed by atoms with Crippen LogP contribution in [0.4, 0.5) is 0 Å². The van der Waals surface area contributed by atoms with Gasteiger partial charge in [0.1, 0.15) is 0 Å². The standard InChI is InChI=1S/C16H12N2.C5H8N2/c1-3-10-17-15(8-1)13-6-5-7-14(12-13)16-9-2-4-11-18-16;1-4-3-5(2)7-6-4/h1-12H;3H,1-2H3,(H,6,7). The molecule has 0 aliphatic carbocycles. The van der Waals surface area contributed by atoms with Gasteiger partial charge >= 0.3 is 0 Å². The van der Waals surface area contributed by atoms with Gasteiger partial charge in [-0.2, -0.15) is 5.10 Å². The summed E-state index contributed by atoms with van der Waals surface area (Å²) in [5.41, 5.74) is 6.36. The molecule has 0 aliphatic rings. The molecule has 4 nitrogen and oxygen atoms in total. The molecule has 0 aliphatic heterocycles. The lowest BCUT2D eigenvalue weighted by Crippen LogP contribution is -1.85. The zero-order valence-electron chi connectivity index (χ0n) is 14.3. The van der Waals surface area contributed by atoms with Gasteiger partial charge in [-0.05, 0) is 50.2 Å². The average molecular weight is 328 g/mol. The zero-order chi connectivity index (χ0) is 17.5. The van der Waals surface area contributed by atoms with Gasteiger partial charge in [0.25, 0.3) is 0 Å². The van der Waals surface area contributed by atoms with Crippen molar-refractivity contribution in [3.05, 3.63) is 90.5 Å². The highest BCUT2D eigenvalue weighted by Crippen LogP contribution is 2.23. The van der Waals surface area contributed by atoms with Crippen LogP contribution in [0.2, 0.25) is 0 Å². The van der Waals surface area contributed by atoms with Crippen LogP contribution in [-0.2, 0) is 0 Å². The van der Waals surface area contributed by atoms with Crippen LogP contribution in [0.5, 0.6) is 0 Å². The minimum atomic E-state index is 0.982. The molecule has 0 atom stereocenters. The molecular weight excluding hydrogens is 308 g/mol. The Morgan fingerprint density at radius 1 is 0.680 bits per heavy atom. The fourth-order valence-corrected chi connectivity index (χ4v) is 2.46. The molecule has 3 aromatic heterocycles. The molecule has 4 aromatic rings. The monoisotopic (exact) mass is 328 g/mol. The van der Waals surface area contributed by atoms with Crippen LogP contribution in [0.3, 0.4) is 0 Å². The number of nitrogens with one attached hydrogen (secondary N) is 1. The molecule has 0 radical (unpaired) electrons. The number of aryl methyl sites for hydroxylation is 2. The van der Waals surface area contributed by atoms with Crippen molar-refractivity contribution in [2.24, 2.45) is 0 Å². The largest absolute Gasteiger partial charge is 0.283 e. The summed E-state index contributed by atoms with van der Waals surface area (Å²) >= 11 is 0. The average Bonchev–Trinajstić information content (AvgIpc) is 3.06. The summed E-state index contributed by atoms with van der Waals surface area (Å²) in [4.78, 5) is 8.73. The molecule has 0 bridgehead atoms. The topological polar surface area (TPSA) is 54.5 Å². The second-order valence-electron chi connectivity index (χ2n) is 5.70. The molecule has 0 fully saturated rings. The van der Waals surface area contributed by atoms with Gasteiger partial charge in [-0.15, -0.1) is 0 Å². The Balaban J connectivity index is 0.000000219. The fourth-order valence-electron chi connectivity index (χ4n) is 2.46. The van der Waals surface area contributed by atoms with Gasteiger partial charge in [0.05, 0.1) is 17.1 Å². The number of benzene rings is 1. The number of pyridine rings is 2. The number of rotatable bonds is 2. The van der Waals surface area contributed by atoms with E-state index in [0.29, 0.717) is 0 Å². The van der Waals surface area contributed by atoms with Crippen molar-refractivity contribution in [2.75, 3.05) is 0 Å². The Bertz CT molecular complexity index is 844. The van der Waals surface area contributed by atoms with Crippen LogP contribution in [0.1, 0.15) is 11.4 Å². The summed E-state index contributed by atoms with van der Waals surface area (Å²) in [5, 5.41) is 6.71. The first-order valence-corrected chi connectivity index (χ1v) is 8.14. The van der Waals surface area contributed by atoms with Crippen LogP contribution in [0.15, 0.2) is 79.1 Å². The Labute approximate surface area is 147 Å². The van der Waals surface area contributed by atoms with E-state index >= 15 is 0 Å². The van der Waals surface area contributed by atoms with E-state index in [9.17, 15) is 0 Å². The summed E-state index contributed by atoms with van der Waals surface area (Å²) in [6.45, 7) is 3.95. The summed E-state index contributed by atoms with van der Waals surface area (Å²) in [5.74, 6) is 0. The molecular formula is C21H20N4. The van der Waals surface area contributed by atoms with Crippen molar-refractivity contribution in [3.63, 3.8) is 0 Å². The van der Waals surface area contributed by atoms with Gasteiger partial charge in [-0.3, -0.25) is 15.1 Å². The van der Waals surface area contributed by atoms with Gasteiger partial charge in [0.15, 0.2) is 0 Å². The van der Waals surface area contributed by atoms with Crippen LogP contribution in [0.25, 0.3) is 22.5 Å². The highest BCUT2D eigenvalue weighted by Gasteiger charge is 2.02. The van der Waals surface area contributed by atoms with Gasteiger partial charge < -0.3 is 0 Å². The first-order chi connectivity index (χ1) is 12.2. The van der Waals surface area contributed by atoms with E-state index in [4.69, 9.17) is 0 Å². The lowest BCUT2D eigenvalue weighted by atomic mass is 10.1. The first kappa shape index (κ1) is 16.6. The number of hydrogen-bond donors (Lipinski definition) is 1. The number of aromatic nitrogens is 4. The minimum Gasteiger partial charge on any atom is -0.283 e. The maximum absolute atomic E-state index is 4.36. The maximum atomic E-state index is 4.36. The molecule has 4 rings (SSSR count). The second-order valence-corrected chi connectivity index (χ2v) is 5.70. The lowest BCUT2D eigenvalue weighted by molar-refractivity contribution is 1.02. The Morgan fingerprint density at radius 3 is 1.64 bits per heavy atom. The molecule has 0 saturated heterocycles. The van der Waals surface area contributed by atoms with Gasteiger partial charge in [0, 0.05) is 29.2 Å². The van der Waals surface area contributed by atoms with Crippen molar-refractivity contribution < 1.29 is 0 Å². The Hall–Kier alpha value is -3.27. The zero-order valence-corrected chi connectivity index (χ0v) is 14.3. The number of aromatic amines is 1. The highest BCUT2D eigenvalue weighted by molar-refractivity contribution is 5.69. The molecule has 0 amide bonds. The van der Waals surface area contributed by atoms with Crippen LogP contribution in [-0.4, -0.2) is 20.2 Å². The first-order valence-electron chi connectivity index (χ1n) is 8.14. The third kappa shape index (κ3) is 4.61. The van der Waals surface area contributed by atoms with Gasteiger partial charge in [0.2, 0.25) is 0 Å². The second kappa shape index (κ2) is 8.02. The van der Waals surface area contributed by atoms with Crippen molar-refractivity contribution in [3.8, 4) is 22.5 Å². The number of nitrogens with zero attached hydrogens (tertiary/aromatic N) is 3. The van der Waals surface area contributed by atoms with Gasteiger partial charge in [-0.1, -0.05) is 30.3 Å². The summed E-state index contributed by atoms with van der Waals surface area (Å²) in [6, 6.07) is 22.1. The quantitative estimate of drug-likeness (QED) is 0.573. The number of hydrogen-bond acceptors (Lipinski definition) is 3.